The van der Waals surface area contributed by atoms with Gasteiger partial charge in [-0.1, -0.05) is 20.8 Å². The number of anilines is 2. The molecular weight excluding hydrogens is 438 g/mol. The van der Waals surface area contributed by atoms with E-state index in [2.05, 4.69) is 45.8 Å². The molecule has 0 radical (unpaired) electrons. The molecule has 3 fully saturated rings. The number of pyridine rings is 1. The van der Waals surface area contributed by atoms with Crippen LogP contribution in [0, 0.1) is 10.8 Å². The maximum Gasteiger partial charge on any atom is 0.254 e. The molecule has 1 aromatic heterocycles. The van der Waals surface area contributed by atoms with Gasteiger partial charge in [0, 0.05) is 68.1 Å². The van der Waals surface area contributed by atoms with Crippen LogP contribution in [0.4, 0.5) is 11.4 Å². The van der Waals surface area contributed by atoms with Gasteiger partial charge < -0.3 is 15.1 Å². The monoisotopic (exact) mass is 475 g/mol. The van der Waals surface area contributed by atoms with E-state index in [-0.39, 0.29) is 22.6 Å². The smallest absolute Gasteiger partial charge is 0.254 e. The average Bonchev–Trinajstić information content (AvgIpc) is 3.08. The van der Waals surface area contributed by atoms with E-state index in [1.807, 2.05) is 48.8 Å². The van der Waals surface area contributed by atoms with Crippen LogP contribution in [0.1, 0.15) is 50.4 Å². The molecule has 7 nitrogen and oxygen atoms in total. The quantitative estimate of drug-likeness (QED) is 0.711. The van der Waals surface area contributed by atoms with Crippen LogP contribution in [0.2, 0.25) is 0 Å². The number of likely N-dealkylation sites (tertiary alicyclic amines) is 1. The van der Waals surface area contributed by atoms with Crippen LogP contribution in [0.3, 0.4) is 0 Å². The number of rotatable bonds is 5. The minimum atomic E-state index is -0.0232. The van der Waals surface area contributed by atoms with Gasteiger partial charge >= 0.3 is 0 Å². The summed E-state index contributed by atoms with van der Waals surface area (Å²) >= 11 is 0. The lowest BCUT2D eigenvalue weighted by Crippen LogP contribution is -2.48. The average molecular weight is 476 g/mol. The van der Waals surface area contributed by atoms with Gasteiger partial charge in [0.15, 0.2) is 0 Å². The van der Waals surface area contributed by atoms with Crippen LogP contribution >= 0.6 is 0 Å². The Morgan fingerprint density at radius 2 is 1.66 bits per heavy atom. The van der Waals surface area contributed by atoms with Crippen LogP contribution in [0.25, 0.3) is 0 Å². The van der Waals surface area contributed by atoms with Crippen molar-refractivity contribution in [3.8, 4) is 0 Å². The molecule has 2 aliphatic heterocycles. The van der Waals surface area contributed by atoms with Gasteiger partial charge in [0.1, 0.15) is 0 Å². The zero-order valence-electron chi connectivity index (χ0n) is 21.2. The minimum absolute atomic E-state index is 0.0232. The van der Waals surface area contributed by atoms with Gasteiger partial charge in [-0.15, -0.1) is 0 Å². The van der Waals surface area contributed by atoms with Gasteiger partial charge in [0.2, 0.25) is 5.91 Å². The van der Waals surface area contributed by atoms with E-state index in [1.54, 1.807) is 0 Å². The van der Waals surface area contributed by atoms with Crippen molar-refractivity contribution in [3.05, 3.63) is 54.4 Å². The summed E-state index contributed by atoms with van der Waals surface area (Å²) in [5, 5.41) is 2.99. The second kappa shape index (κ2) is 9.26. The van der Waals surface area contributed by atoms with Crippen LogP contribution < -0.4 is 10.2 Å². The molecule has 5 rings (SSSR count). The van der Waals surface area contributed by atoms with Gasteiger partial charge in [0.05, 0.1) is 6.54 Å². The number of amides is 2. The summed E-state index contributed by atoms with van der Waals surface area (Å²) < 4.78 is 0. The highest BCUT2D eigenvalue weighted by Crippen LogP contribution is 2.52. The number of nitrogens with one attached hydrogen (secondary N) is 1. The number of carbonyl (C=O) groups excluding carboxylic acids is 2. The summed E-state index contributed by atoms with van der Waals surface area (Å²) in [6, 6.07) is 11.8. The third-order valence-corrected chi connectivity index (χ3v) is 7.86. The van der Waals surface area contributed by atoms with Crippen LogP contribution in [0.5, 0.6) is 0 Å². The Labute approximate surface area is 208 Å². The number of carbonyl (C=O) groups is 2. The normalized spacial score (nSPS) is 26.0. The largest absolute Gasteiger partial charge is 0.369 e. The first-order valence-corrected chi connectivity index (χ1v) is 12.8. The molecule has 1 saturated carbocycles. The van der Waals surface area contributed by atoms with Gasteiger partial charge in [-0.05, 0) is 66.5 Å². The number of aromatic nitrogens is 1. The molecule has 1 aromatic carbocycles. The highest BCUT2D eigenvalue weighted by molar-refractivity contribution is 5.96. The van der Waals surface area contributed by atoms with Gasteiger partial charge in [0.25, 0.3) is 5.91 Å². The van der Waals surface area contributed by atoms with Crippen LogP contribution in [-0.4, -0.2) is 71.9 Å². The van der Waals surface area contributed by atoms with E-state index in [0.717, 1.165) is 51.3 Å². The van der Waals surface area contributed by atoms with Gasteiger partial charge in [-0.2, -0.15) is 0 Å². The topological polar surface area (TPSA) is 68.8 Å². The van der Waals surface area contributed by atoms with Crippen LogP contribution in [0.15, 0.2) is 48.8 Å². The van der Waals surface area contributed by atoms with E-state index in [4.69, 9.17) is 0 Å². The standard InChI is InChI=1S/C28H37N5O2/c1-27(2)16-24-17-28(3,19-27)20-33(24)26(35)21-4-6-22(7-5-21)30-25(34)18-31-12-14-32(15-13-31)23-8-10-29-11-9-23/h4-11,24H,12-20H2,1-3H3,(H,30,34). The van der Waals surface area contributed by atoms with Gasteiger partial charge in [-0.25, -0.2) is 0 Å². The lowest BCUT2D eigenvalue weighted by Gasteiger charge is -2.39. The van der Waals surface area contributed by atoms with Crippen molar-refractivity contribution >= 4 is 23.2 Å². The lowest BCUT2D eigenvalue weighted by molar-refractivity contribution is -0.117. The summed E-state index contributed by atoms with van der Waals surface area (Å²) in [6.07, 6.45) is 6.97. The number of nitrogens with zero attached hydrogens (tertiary/aromatic N) is 4. The number of piperazine rings is 1. The summed E-state index contributed by atoms with van der Waals surface area (Å²) in [7, 11) is 0. The molecule has 1 N–H and O–H groups in total. The fraction of sp³-hybridized carbons (Fsp3) is 0.536. The molecule has 186 valence electrons. The second-order valence-electron chi connectivity index (χ2n) is 11.7. The van der Waals surface area contributed by atoms with E-state index >= 15 is 0 Å². The van der Waals surface area contributed by atoms with Crippen molar-refractivity contribution in [2.75, 3.05) is 49.5 Å². The molecule has 1 aliphatic carbocycles. The Morgan fingerprint density at radius 1 is 0.971 bits per heavy atom. The third-order valence-electron chi connectivity index (χ3n) is 7.86. The summed E-state index contributed by atoms with van der Waals surface area (Å²) in [6.45, 7) is 11.6. The van der Waals surface area contributed by atoms with Crippen molar-refractivity contribution in [1.29, 1.82) is 0 Å². The van der Waals surface area contributed by atoms with E-state index in [1.165, 1.54) is 12.1 Å². The van der Waals surface area contributed by atoms with Crippen molar-refractivity contribution in [2.45, 2.75) is 46.1 Å². The first-order valence-electron chi connectivity index (χ1n) is 12.8. The number of benzene rings is 1. The molecule has 2 aromatic rings. The molecule has 7 heteroatoms. The Hall–Kier alpha value is -2.93. The van der Waals surface area contributed by atoms with Gasteiger partial charge in [-0.3, -0.25) is 19.5 Å². The maximum atomic E-state index is 13.3. The first-order chi connectivity index (χ1) is 16.7. The predicted molar refractivity (Wildman–Crippen MR) is 139 cm³/mol. The molecule has 35 heavy (non-hydrogen) atoms. The molecule has 3 aliphatic rings. The Bertz CT molecular complexity index is 1060. The lowest BCUT2D eigenvalue weighted by atomic mass is 9.65. The molecule has 2 saturated heterocycles. The summed E-state index contributed by atoms with van der Waals surface area (Å²) in [5.74, 6) is 0.0892. The molecular formula is C28H37N5O2. The Balaban J connectivity index is 1.12. The maximum absolute atomic E-state index is 13.3. The van der Waals surface area contributed by atoms with Crippen LogP contribution in [-0.2, 0) is 4.79 Å². The Kier molecular flexibility index (Phi) is 6.30. The van der Waals surface area contributed by atoms with Crippen molar-refractivity contribution < 1.29 is 9.59 Å². The molecule has 0 spiro atoms. The third kappa shape index (κ3) is 5.35. The fourth-order valence-corrected chi connectivity index (χ4v) is 6.68. The summed E-state index contributed by atoms with van der Waals surface area (Å²) in [4.78, 5) is 36.6. The number of hydrogen-bond acceptors (Lipinski definition) is 5. The Morgan fingerprint density at radius 3 is 2.34 bits per heavy atom. The SMILES string of the molecule is CC1(C)CC2CC(C)(CN2C(=O)c2ccc(NC(=O)CN3CCN(c4ccncc4)CC3)cc2)C1. The number of hydrogen-bond donors (Lipinski definition) is 1. The minimum Gasteiger partial charge on any atom is -0.369 e. The van der Waals surface area contributed by atoms with E-state index in [9.17, 15) is 9.59 Å². The predicted octanol–water partition coefficient (Wildman–Crippen LogP) is 3.88. The first kappa shape index (κ1) is 23.8. The molecule has 2 amide bonds. The molecule has 2 unspecified atom stereocenters. The van der Waals surface area contributed by atoms with Crippen molar-refractivity contribution in [1.82, 2.24) is 14.8 Å². The molecule has 2 atom stereocenters. The summed E-state index contributed by atoms with van der Waals surface area (Å²) in [5.41, 5.74) is 3.11. The van der Waals surface area contributed by atoms with Crippen molar-refractivity contribution in [2.24, 2.45) is 10.8 Å². The number of fused-ring (bicyclic) bond motifs is 2. The van der Waals surface area contributed by atoms with E-state index < -0.39 is 0 Å². The second-order valence-corrected chi connectivity index (χ2v) is 11.7. The fourth-order valence-electron chi connectivity index (χ4n) is 6.68. The molecule has 2 bridgehead atoms. The zero-order chi connectivity index (χ0) is 24.6. The van der Waals surface area contributed by atoms with E-state index in [0.29, 0.717) is 18.2 Å². The zero-order valence-corrected chi connectivity index (χ0v) is 21.2. The molecule has 3 heterocycles. The highest BCUT2D eigenvalue weighted by atomic mass is 16.2. The van der Waals surface area contributed by atoms with Crippen molar-refractivity contribution in [3.63, 3.8) is 0 Å². The highest BCUT2D eigenvalue weighted by Gasteiger charge is 2.51.